The van der Waals surface area contributed by atoms with Gasteiger partial charge in [0, 0.05) is 48.5 Å². The molecule has 33 heavy (non-hydrogen) atoms. The third-order valence-electron chi connectivity index (χ3n) is 5.59. The maximum Gasteiger partial charge on any atom is 0.418 e. The Balaban J connectivity index is 1.49. The summed E-state index contributed by atoms with van der Waals surface area (Å²) in [6, 6.07) is 9.23. The Morgan fingerprint density at radius 3 is 2.61 bits per heavy atom. The van der Waals surface area contributed by atoms with Crippen LogP contribution in [-0.2, 0) is 11.0 Å². The number of carbonyl (C=O) groups excluding carboxylic acids is 1. The Bertz CT molecular complexity index is 1110. The molecule has 1 saturated heterocycles. The molecule has 174 valence electrons. The van der Waals surface area contributed by atoms with Crippen molar-refractivity contribution in [1.82, 2.24) is 4.90 Å². The lowest BCUT2D eigenvalue weighted by atomic mass is 10.1. The molecule has 2 heterocycles. The molecular formula is C24H23ClF3N3O2. The molecule has 9 heteroatoms. The van der Waals surface area contributed by atoms with Crippen molar-refractivity contribution in [3.8, 4) is 5.75 Å². The number of nitrogens with one attached hydrogen (secondary N) is 1. The van der Waals surface area contributed by atoms with Crippen LogP contribution in [0.3, 0.4) is 0 Å². The molecule has 0 saturated carbocycles. The molecule has 2 aliphatic heterocycles. The zero-order valence-electron chi connectivity index (χ0n) is 18.0. The van der Waals surface area contributed by atoms with Crippen molar-refractivity contribution in [2.45, 2.75) is 6.18 Å². The second kappa shape index (κ2) is 9.49. The number of amides is 1. The molecule has 2 aromatic rings. The van der Waals surface area contributed by atoms with Crippen LogP contribution in [0.15, 0.2) is 54.1 Å². The maximum absolute atomic E-state index is 13.7. The third-order valence-corrected chi connectivity index (χ3v) is 5.83. The van der Waals surface area contributed by atoms with Crippen molar-refractivity contribution in [2.75, 3.05) is 50.1 Å². The van der Waals surface area contributed by atoms with E-state index in [1.54, 1.807) is 24.3 Å². The Kier molecular flexibility index (Phi) is 6.67. The molecule has 1 amide bonds. The lowest BCUT2D eigenvalue weighted by molar-refractivity contribution is -0.136. The minimum atomic E-state index is -4.60. The standard InChI is InChI=1S/C24H23ClF3N3O2/c1-30-8-10-31(11-9-30)19-4-5-21(20(14-19)24(26,27)28)29-23(32)7-2-16-12-17-13-18(25)3-6-22(17)33-15-16/h2-7,12-14H,8-11,15H2,1H3,(H,29,32)/b7-2+. The molecule has 0 atom stereocenters. The van der Waals surface area contributed by atoms with Crippen LogP contribution in [0.2, 0.25) is 5.02 Å². The van der Waals surface area contributed by atoms with E-state index in [1.165, 1.54) is 18.2 Å². The molecule has 4 rings (SSSR count). The first-order chi connectivity index (χ1) is 15.7. The summed E-state index contributed by atoms with van der Waals surface area (Å²) in [7, 11) is 1.98. The maximum atomic E-state index is 13.7. The first-order valence-corrected chi connectivity index (χ1v) is 10.8. The summed E-state index contributed by atoms with van der Waals surface area (Å²) in [4.78, 5) is 16.4. The smallest absolute Gasteiger partial charge is 0.418 e. The number of benzene rings is 2. The SMILES string of the molecule is CN1CCN(c2ccc(NC(=O)/C=C/C3=Cc4cc(Cl)ccc4OC3)c(C(F)(F)F)c2)CC1. The van der Waals surface area contributed by atoms with Gasteiger partial charge in [-0.15, -0.1) is 0 Å². The van der Waals surface area contributed by atoms with Gasteiger partial charge >= 0.3 is 6.18 Å². The molecule has 1 N–H and O–H groups in total. The fraction of sp³-hybridized carbons (Fsp3) is 0.292. The molecule has 2 aliphatic rings. The van der Waals surface area contributed by atoms with Gasteiger partial charge in [0.25, 0.3) is 0 Å². The van der Waals surface area contributed by atoms with Crippen molar-refractivity contribution in [2.24, 2.45) is 0 Å². The number of piperazine rings is 1. The van der Waals surface area contributed by atoms with Gasteiger partial charge in [0.05, 0.1) is 11.3 Å². The average Bonchev–Trinajstić information content (AvgIpc) is 2.77. The fourth-order valence-electron chi connectivity index (χ4n) is 3.76. The zero-order valence-corrected chi connectivity index (χ0v) is 18.7. The van der Waals surface area contributed by atoms with E-state index in [2.05, 4.69) is 10.2 Å². The summed E-state index contributed by atoms with van der Waals surface area (Å²) in [5.41, 5.74) is 0.810. The lowest BCUT2D eigenvalue weighted by Gasteiger charge is -2.34. The largest absolute Gasteiger partial charge is 0.488 e. The summed E-state index contributed by atoms with van der Waals surface area (Å²) in [6.07, 6.45) is -0.0670. The van der Waals surface area contributed by atoms with Gasteiger partial charge in [-0.25, -0.2) is 0 Å². The van der Waals surface area contributed by atoms with Gasteiger partial charge in [-0.3, -0.25) is 4.79 Å². The number of rotatable bonds is 4. The van der Waals surface area contributed by atoms with Crippen molar-refractivity contribution in [3.63, 3.8) is 0 Å². The Morgan fingerprint density at radius 2 is 1.88 bits per heavy atom. The van der Waals surface area contributed by atoms with Gasteiger partial charge in [0.1, 0.15) is 12.4 Å². The molecule has 2 aromatic carbocycles. The van der Waals surface area contributed by atoms with E-state index >= 15 is 0 Å². The van der Waals surface area contributed by atoms with Crippen LogP contribution >= 0.6 is 11.6 Å². The Labute approximate surface area is 195 Å². The van der Waals surface area contributed by atoms with Crippen LogP contribution in [0.5, 0.6) is 5.75 Å². The minimum Gasteiger partial charge on any atom is -0.488 e. The molecule has 0 radical (unpaired) electrons. The number of hydrogen-bond acceptors (Lipinski definition) is 4. The molecule has 0 spiro atoms. The van der Waals surface area contributed by atoms with Gasteiger partial charge < -0.3 is 19.9 Å². The normalized spacial score (nSPS) is 16.9. The number of anilines is 2. The van der Waals surface area contributed by atoms with Crippen LogP contribution in [-0.4, -0.2) is 50.6 Å². The molecule has 0 aromatic heterocycles. The van der Waals surface area contributed by atoms with E-state index in [9.17, 15) is 18.0 Å². The predicted molar refractivity (Wildman–Crippen MR) is 124 cm³/mol. The topological polar surface area (TPSA) is 44.8 Å². The van der Waals surface area contributed by atoms with E-state index in [4.69, 9.17) is 16.3 Å². The van der Waals surface area contributed by atoms with E-state index in [1.807, 2.05) is 18.0 Å². The molecule has 0 unspecified atom stereocenters. The molecule has 5 nitrogen and oxygen atoms in total. The van der Waals surface area contributed by atoms with E-state index in [-0.39, 0.29) is 12.3 Å². The summed E-state index contributed by atoms with van der Waals surface area (Å²) in [5, 5.41) is 2.91. The van der Waals surface area contributed by atoms with Crippen LogP contribution in [0.25, 0.3) is 6.08 Å². The van der Waals surface area contributed by atoms with E-state index < -0.39 is 17.6 Å². The molecular weight excluding hydrogens is 455 g/mol. The molecule has 0 bridgehead atoms. The number of fused-ring (bicyclic) bond motifs is 1. The monoisotopic (exact) mass is 477 g/mol. The number of hydrogen-bond donors (Lipinski definition) is 1. The third kappa shape index (κ3) is 5.69. The first-order valence-electron chi connectivity index (χ1n) is 10.5. The number of alkyl halides is 3. The molecule has 0 aliphatic carbocycles. The van der Waals surface area contributed by atoms with E-state index in [0.29, 0.717) is 35.1 Å². The Morgan fingerprint density at radius 1 is 1.12 bits per heavy atom. The number of nitrogens with zero attached hydrogens (tertiary/aromatic N) is 2. The quantitative estimate of drug-likeness (QED) is 0.624. The highest BCUT2D eigenvalue weighted by Crippen LogP contribution is 2.37. The van der Waals surface area contributed by atoms with Gasteiger partial charge in [-0.05, 0) is 55.1 Å². The highest BCUT2D eigenvalue weighted by atomic mass is 35.5. The Hall–Kier alpha value is -2.97. The summed E-state index contributed by atoms with van der Waals surface area (Å²) in [6.45, 7) is 3.09. The van der Waals surface area contributed by atoms with Gasteiger partial charge in [0.15, 0.2) is 0 Å². The number of halogens is 4. The lowest BCUT2D eigenvalue weighted by Crippen LogP contribution is -2.44. The number of likely N-dealkylation sites (N-methyl/N-ethyl adjacent to an activating group) is 1. The minimum absolute atomic E-state index is 0.242. The first kappa shape index (κ1) is 23.2. The number of ether oxygens (including phenoxy) is 1. The highest BCUT2D eigenvalue weighted by molar-refractivity contribution is 6.30. The van der Waals surface area contributed by atoms with Crippen LogP contribution in [0, 0.1) is 0 Å². The van der Waals surface area contributed by atoms with E-state index in [0.717, 1.165) is 24.7 Å². The second-order valence-electron chi connectivity index (χ2n) is 8.03. The second-order valence-corrected chi connectivity index (χ2v) is 8.47. The number of carbonyl (C=O) groups is 1. The van der Waals surface area contributed by atoms with Crippen LogP contribution in [0.1, 0.15) is 11.1 Å². The molecule has 1 fully saturated rings. The van der Waals surface area contributed by atoms with Gasteiger partial charge in [0.2, 0.25) is 5.91 Å². The van der Waals surface area contributed by atoms with Crippen molar-refractivity contribution < 1.29 is 22.7 Å². The zero-order chi connectivity index (χ0) is 23.6. The van der Waals surface area contributed by atoms with Crippen molar-refractivity contribution >= 4 is 35.0 Å². The summed E-state index contributed by atoms with van der Waals surface area (Å²) in [5.74, 6) is 0.0156. The van der Waals surface area contributed by atoms with Gasteiger partial charge in [-0.2, -0.15) is 13.2 Å². The fourth-order valence-corrected chi connectivity index (χ4v) is 3.94. The van der Waals surface area contributed by atoms with Crippen molar-refractivity contribution in [3.05, 3.63) is 70.3 Å². The summed E-state index contributed by atoms with van der Waals surface area (Å²) < 4.78 is 46.8. The van der Waals surface area contributed by atoms with Gasteiger partial charge in [-0.1, -0.05) is 17.7 Å². The summed E-state index contributed by atoms with van der Waals surface area (Å²) >= 11 is 6.00. The average molecular weight is 478 g/mol. The van der Waals surface area contributed by atoms with Crippen molar-refractivity contribution in [1.29, 1.82) is 0 Å². The highest BCUT2D eigenvalue weighted by Gasteiger charge is 2.34. The van der Waals surface area contributed by atoms with Crippen LogP contribution in [0.4, 0.5) is 24.5 Å². The predicted octanol–water partition coefficient (Wildman–Crippen LogP) is 5.08. The van der Waals surface area contributed by atoms with Crippen LogP contribution < -0.4 is 15.0 Å².